The summed E-state index contributed by atoms with van der Waals surface area (Å²) in [4.78, 5) is 5.48. The molecule has 0 radical (unpaired) electrons. The third kappa shape index (κ3) is 3.26. The third-order valence-corrected chi connectivity index (χ3v) is 7.50. The van der Waals surface area contributed by atoms with Crippen molar-refractivity contribution in [3.8, 4) is 17.2 Å². The molecule has 0 saturated carbocycles. The molecule has 0 saturated heterocycles. The molecule has 7 heteroatoms. The summed E-state index contributed by atoms with van der Waals surface area (Å²) in [5, 5.41) is 9.00. The van der Waals surface area contributed by atoms with Gasteiger partial charge in [-0.15, -0.1) is 11.8 Å². The van der Waals surface area contributed by atoms with E-state index in [1.807, 2.05) is 25.1 Å². The van der Waals surface area contributed by atoms with Crippen LogP contribution >= 0.6 is 11.8 Å². The number of rotatable bonds is 3. The number of aromatic nitrogens is 1. The molecule has 1 aromatic heterocycles. The van der Waals surface area contributed by atoms with E-state index < -0.39 is 10.0 Å². The molecule has 0 bridgehead atoms. The summed E-state index contributed by atoms with van der Waals surface area (Å²) < 4.78 is 28.0. The molecule has 0 spiro atoms. The summed E-state index contributed by atoms with van der Waals surface area (Å²) >= 11 is 1.63. The van der Waals surface area contributed by atoms with Crippen LogP contribution in [0.3, 0.4) is 0 Å². The molecule has 0 unspecified atom stereocenters. The third-order valence-electron chi connectivity index (χ3n) is 4.59. The fourth-order valence-electron chi connectivity index (χ4n) is 3.20. The lowest BCUT2D eigenvalue weighted by atomic mass is 10.1. The minimum atomic E-state index is -3.67. The van der Waals surface area contributed by atoms with Gasteiger partial charge in [-0.2, -0.15) is 5.26 Å². The number of fused-ring (bicyclic) bond motifs is 1. The van der Waals surface area contributed by atoms with E-state index in [9.17, 15) is 8.42 Å². The van der Waals surface area contributed by atoms with E-state index in [1.54, 1.807) is 54.5 Å². The Labute approximate surface area is 168 Å². The first-order valence-corrected chi connectivity index (χ1v) is 11.1. The second-order valence-electron chi connectivity index (χ2n) is 6.47. The van der Waals surface area contributed by atoms with Gasteiger partial charge >= 0.3 is 0 Å². The average molecular weight is 408 g/mol. The lowest BCUT2D eigenvalue weighted by molar-refractivity contribution is 0.591. The van der Waals surface area contributed by atoms with Crippen LogP contribution < -0.4 is 4.31 Å². The maximum atomic E-state index is 13.3. The van der Waals surface area contributed by atoms with Crippen LogP contribution in [-0.2, 0) is 10.0 Å². The van der Waals surface area contributed by atoms with E-state index >= 15 is 0 Å². The Kier molecular flexibility index (Phi) is 4.84. The molecular formula is C21H17N3O2S2. The van der Waals surface area contributed by atoms with Crippen molar-refractivity contribution in [1.29, 1.82) is 5.26 Å². The molecule has 0 N–H and O–H groups in total. The minimum absolute atomic E-state index is 0.286. The Balaban J connectivity index is 1.81. The number of hydrogen-bond donors (Lipinski definition) is 0. The Hall–Kier alpha value is -2.82. The average Bonchev–Trinajstić information content (AvgIpc) is 2.73. The van der Waals surface area contributed by atoms with Crippen LogP contribution in [-0.4, -0.2) is 25.7 Å². The van der Waals surface area contributed by atoms with Crippen LogP contribution in [0.1, 0.15) is 11.1 Å². The van der Waals surface area contributed by atoms with Crippen LogP contribution in [0.5, 0.6) is 0 Å². The van der Waals surface area contributed by atoms with Gasteiger partial charge in [0.1, 0.15) is 0 Å². The summed E-state index contributed by atoms with van der Waals surface area (Å²) in [6, 6.07) is 16.3. The molecule has 1 aliphatic heterocycles. The molecule has 5 nitrogen and oxygen atoms in total. The maximum Gasteiger partial charge on any atom is 0.264 e. The van der Waals surface area contributed by atoms with Gasteiger partial charge in [-0.1, -0.05) is 24.3 Å². The SMILES string of the molecule is Cc1cccc(S(=O)(=O)N2CCSc3c(-c4ccc(C#N)cc4)cncc32)c1. The summed E-state index contributed by atoms with van der Waals surface area (Å²) in [6.45, 7) is 2.27. The zero-order valence-corrected chi connectivity index (χ0v) is 16.8. The highest BCUT2D eigenvalue weighted by atomic mass is 32.2. The van der Waals surface area contributed by atoms with E-state index in [1.165, 1.54) is 4.31 Å². The molecule has 4 rings (SSSR count). The number of thioether (sulfide) groups is 1. The van der Waals surface area contributed by atoms with Gasteiger partial charge in [0.25, 0.3) is 10.0 Å². The fourth-order valence-corrected chi connectivity index (χ4v) is 6.06. The van der Waals surface area contributed by atoms with Crippen LogP contribution in [0.25, 0.3) is 11.1 Å². The van der Waals surface area contributed by atoms with Gasteiger partial charge in [-0.05, 0) is 42.3 Å². The van der Waals surface area contributed by atoms with Crippen LogP contribution in [0, 0.1) is 18.3 Å². The Bertz CT molecular complexity index is 1180. The zero-order chi connectivity index (χ0) is 19.7. The number of hydrogen-bond acceptors (Lipinski definition) is 5. The second kappa shape index (κ2) is 7.30. The number of pyridine rings is 1. The summed E-state index contributed by atoms with van der Waals surface area (Å²) in [5.41, 5.74) is 3.86. The second-order valence-corrected chi connectivity index (χ2v) is 9.43. The summed E-state index contributed by atoms with van der Waals surface area (Å²) in [7, 11) is -3.67. The van der Waals surface area contributed by atoms with E-state index in [0.717, 1.165) is 21.6 Å². The molecule has 1 aliphatic rings. The number of aryl methyl sites for hydroxylation is 1. The topological polar surface area (TPSA) is 74.1 Å². The van der Waals surface area contributed by atoms with E-state index in [2.05, 4.69) is 11.1 Å². The van der Waals surface area contributed by atoms with Crippen LogP contribution in [0.15, 0.2) is 70.7 Å². The van der Waals surface area contributed by atoms with Crippen molar-refractivity contribution in [1.82, 2.24) is 4.98 Å². The van der Waals surface area contributed by atoms with Crippen molar-refractivity contribution < 1.29 is 8.42 Å². The lowest BCUT2D eigenvalue weighted by Gasteiger charge is -2.31. The molecule has 0 amide bonds. The molecule has 2 heterocycles. The first-order valence-electron chi connectivity index (χ1n) is 8.71. The Morgan fingerprint density at radius 1 is 1.14 bits per heavy atom. The normalized spacial score (nSPS) is 13.6. The fraction of sp³-hybridized carbons (Fsp3) is 0.143. The molecule has 0 atom stereocenters. The number of nitrogens with zero attached hydrogens (tertiary/aromatic N) is 3. The number of nitriles is 1. The van der Waals surface area contributed by atoms with Gasteiger partial charge in [0, 0.05) is 29.0 Å². The molecular weight excluding hydrogens is 390 g/mol. The minimum Gasteiger partial charge on any atom is -0.263 e. The van der Waals surface area contributed by atoms with Crippen molar-refractivity contribution in [2.75, 3.05) is 16.6 Å². The molecule has 0 aliphatic carbocycles. The number of sulfonamides is 1. The number of benzene rings is 2. The van der Waals surface area contributed by atoms with Gasteiger partial charge in [-0.3, -0.25) is 9.29 Å². The smallest absolute Gasteiger partial charge is 0.263 e. The monoisotopic (exact) mass is 407 g/mol. The maximum absolute atomic E-state index is 13.3. The van der Waals surface area contributed by atoms with E-state index in [4.69, 9.17) is 5.26 Å². The van der Waals surface area contributed by atoms with E-state index in [-0.39, 0.29) is 4.90 Å². The highest BCUT2D eigenvalue weighted by Crippen LogP contribution is 2.43. The summed E-state index contributed by atoms with van der Waals surface area (Å²) in [6.07, 6.45) is 3.36. The standard InChI is InChI=1S/C21H17N3O2S2/c1-15-3-2-4-18(11-15)28(25,26)24-9-10-27-21-19(13-23-14-20(21)24)17-7-5-16(12-22)6-8-17/h2-8,11,13-14H,9-10H2,1H3. The molecule has 3 aromatic rings. The van der Waals surface area contributed by atoms with Crippen molar-refractivity contribution in [2.24, 2.45) is 0 Å². The highest BCUT2D eigenvalue weighted by Gasteiger charge is 2.31. The largest absolute Gasteiger partial charge is 0.264 e. The van der Waals surface area contributed by atoms with Crippen molar-refractivity contribution in [3.05, 3.63) is 72.1 Å². The van der Waals surface area contributed by atoms with Crippen LogP contribution in [0.2, 0.25) is 0 Å². The van der Waals surface area contributed by atoms with Crippen LogP contribution in [0.4, 0.5) is 5.69 Å². The summed E-state index contributed by atoms with van der Waals surface area (Å²) in [5.74, 6) is 0.658. The van der Waals surface area contributed by atoms with Crippen molar-refractivity contribution in [2.45, 2.75) is 16.7 Å². The number of anilines is 1. The van der Waals surface area contributed by atoms with Gasteiger partial charge in [0.15, 0.2) is 0 Å². The van der Waals surface area contributed by atoms with Crippen molar-refractivity contribution >= 4 is 27.5 Å². The zero-order valence-electron chi connectivity index (χ0n) is 15.2. The van der Waals surface area contributed by atoms with Gasteiger partial charge < -0.3 is 0 Å². The van der Waals surface area contributed by atoms with Crippen molar-refractivity contribution in [3.63, 3.8) is 0 Å². The molecule has 28 heavy (non-hydrogen) atoms. The quantitative estimate of drug-likeness (QED) is 0.650. The first-order chi connectivity index (χ1) is 13.5. The predicted octanol–water partition coefficient (Wildman–Crippen LogP) is 4.23. The van der Waals surface area contributed by atoms with Gasteiger partial charge in [-0.25, -0.2) is 8.42 Å². The predicted molar refractivity (Wildman–Crippen MR) is 111 cm³/mol. The Morgan fingerprint density at radius 3 is 2.64 bits per heavy atom. The van der Waals surface area contributed by atoms with Gasteiger partial charge in [0.2, 0.25) is 0 Å². The molecule has 2 aromatic carbocycles. The Morgan fingerprint density at radius 2 is 1.93 bits per heavy atom. The highest BCUT2D eigenvalue weighted by molar-refractivity contribution is 8.00. The first kappa shape index (κ1) is 18.5. The van der Waals surface area contributed by atoms with E-state index in [0.29, 0.717) is 23.5 Å². The van der Waals surface area contributed by atoms with Gasteiger partial charge in [0.05, 0.1) is 28.4 Å². The molecule has 0 fully saturated rings. The lowest BCUT2D eigenvalue weighted by Crippen LogP contribution is -2.35. The molecule has 140 valence electrons.